The van der Waals surface area contributed by atoms with Crippen LogP contribution in [0.15, 0.2) is 0 Å². The monoisotopic (exact) mass is 306 g/mol. The molecular formula is C12H18O9. The predicted octanol–water partition coefficient (Wildman–Crippen LogP) is -3.30. The van der Waals surface area contributed by atoms with Gasteiger partial charge in [-0.3, -0.25) is 0 Å². The summed E-state index contributed by atoms with van der Waals surface area (Å²) in [5.41, 5.74) is 0. The van der Waals surface area contributed by atoms with Crippen LogP contribution in [0.5, 0.6) is 0 Å². The summed E-state index contributed by atoms with van der Waals surface area (Å²) >= 11 is 0. The number of aliphatic hydroxyl groups excluding tert-OH is 2. The van der Waals surface area contributed by atoms with E-state index >= 15 is 0 Å². The summed E-state index contributed by atoms with van der Waals surface area (Å²) in [6.45, 7) is -0.447. The van der Waals surface area contributed by atoms with E-state index in [0.717, 1.165) is 0 Å². The average Bonchev–Trinajstić information content (AvgIpc) is 3.12. The van der Waals surface area contributed by atoms with E-state index in [0.29, 0.717) is 0 Å². The summed E-state index contributed by atoms with van der Waals surface area (Å²) in [7, 11) is 0. The van der Waals surface area contributed by atoms with Crippen molar-refractivity contribution < 1.29 is 44.1 Å². The molecule has 8 atom stereocenters. The maximum atomic E-state index is 10.6. The van der Waals surface area contributed by atoms with Crippen LogP contribution in [0.3, 0.4) is 0 Å². The van der Waals surface area contributed by atoms with Gasteiger partial charge in [0.05, 0.1) is 13.2 Å². The first-order valence-electron chi connectivity index (χ1n) is 6.90. The molecule has 4 saturated heterocycles. The summed E-state index contributed by atoms with van der Waals surface area (Å²) < 4.78 is 26.7. The molecule has 0 aromatic rings. The highest BCUT2D eigenvalue weighted by molar-refractivity contribution is 5.04. The summed E-state index contributed by atoms with van der Waals surface area (Å²) in [6.07, 6.45) is -4.90. The first kappa shape index (κ1) is 14.2. The standard InChI is InChI=1S/C12H18O9/c13-5-1-17-9-7(5)19-3-11(9,15)21-12(16)4-20-8-6(14)2-18-10(8)12/h5-10,13-16H,1-4H2/t5-,6-,7-,8-,9+,10+,11+,12+/m1/s1. The zero-order valence-electron chi connectivity index (χ0n) is 11.1. The highest BCUT2D eigenvalue weighted by Gasteiger charge is 2.64. The molecule has 0 radical (unpaired) electrons. The van der Waals surface area contributed by atoms with Gasteiger partial charge in [0.1, 0.15) is 49.8 Å². The molecule has 4 fully saturated rings. The minimum Gasteiger partial charge on any atom is -0.388 e. The maximum absolute atomic E-state index is 10.6. The molecule has 9 nitrogen and oxygen atoms in total. The van der Waals surface area contributed by atoms with Crippen LogP contribution < -0.4 is 0 Å². The van der Waals surface area contributed by atoms with Gasteiger partial charge in [0.15, 0.2) is 0 Å². The SMILES string of the molecule is O[C@@H]1CO[C@H]2[C@@H]1OC[C@]2(O)O[C@@]1(O)CO[C@@H]2[C@H](O)CO[C@@H]21. The summed E-state index contributed by atoms with van der Waals surface area (Å²) in [4.78, 5) is 0. The lowest BCUT2D eigenvalue weighted by Crippen LogP contribution is -2.57. The van der Waals surface area contributed by atoms with Crippen molar-refractivity contribution in [3.8, 4) is 0 Å². The first-order chi connectivity index (χ1) is 9.93. The smallest absolute Gasteiger partial charge is 0.222 e. The van der Waals surface area contributed by atoms with Gasteiger partial charge >= 0.3 is 0 Å². The Balaban J connectivity index is 1.53. The number of rotatable bonds is 2. The van der Waals surface area contributed by atoms with Gasteiger partial charge in [-0.25, -0.2) is 0 Å². The average molecular weight is 306 g/mol. The second-order valence-electron chi connectivity index (χ2n) is 5.99. The second-order valence-corrected chi connectivity index (χ2v) is 5.99. The van der Waals surface area contributed by atoms with E-state index in [4.69, 9.17) is 23.7 Å². The molecule has 0 bridgehead atoms. The van der Waals surface area contributed by atoms with Crippen LogP contribution in [0.25, 0.3) is 0 Å². The molecule has 9 heteroatoms. The van der Waals surface area contributed by atoms with Crippen LogP contribution in [0.2, 0.25) is 0 Å². The Kier molecular flexibility index (Phi) is 3.10. The maximum Gasteiger partial charge on any atom is 0.222 e. The molecule has 120 valence electrons. The predicted molar refractivity (Wildman–Crippen MR) is 62.0 cm³/mol. The molecule has 0 saturated carbocycles. The fourth-order valence-electron chi connectivity index (χ4n) is 3.43. The number of aliphatic hydroxyl groups is 4. The van der Waals surface area contributed by atoms with Crippen molar-refractivity contribution in [1.82, 2.24) is 0 Å². The van der Waals surface area contributed by atoms with Gasteiger partial charge in [-0.1, -0.05) is 0 Å². The normalized spacial score (nSPS) is 59.4. The lowest BCUT2D eigenvalue weighted by molar-refractivity contribution is -0.365. The van der Waals surface area contributed by atoms with E-state index in [1.54, 1.807) is 0 Å². The van der Waals surface area contributed by atoms with Crippen LogP contribution in [-0.4, -0.2) is 95.1 Å². The number of hydrogen-bond donors (Lipinski definition) is 4. The van der Waals surface area contributed by atoms with Gasteiger partial charge in [-0.2, -0.15) is 0 Å². The van der Waals surface area contributed by atoms with Gasteiger partial charge in [-0.15, -0.1) is 0 Å². The summed E-state index contributed by atoms with van der Waals surface area (Å²) in [5, 5.41) is 40.5. The van der Waals surface area contributed by atoms with Crippen molar-refractivity contribution in [1.29, 1.82) is 0 Å². The third kappa shape index (κ3) is 1.97. The Bertz CT molecular complexity index is 395. The van der Waals surface area contributed by atoms with E-state index in [-0.39, 0.29) is 26.4 Å². The molecule has 4 N–H and O–H groups in total. The van der Waals surface area contributed by atoms with Gasteiger partial charge in [0.25, 0.3) is 0 Å². The van der Waals surface area contributed by atoms with Crippen LogP contribution >= 0.6 is 0 Å². The highest BCUT2D eigenvalue weighted by atomic mass is 16.8. The van der Waals surface area contributed by atoms with E-state index in [9.17, 15) is 20.4 Å². The fourth-order valence-corrected chi connectivity index (χ4v) is 3.43. The Morgan fingerprint density at radius 1 is 0.762 bits per heavy atom. The van der Waals surface area contributed by atoms with Crippen molar-refractivity contribution in [3.05, 3.63) is 0 Å². The number of fused-ring (bicyclic) bond motifs is 2. The zero-order valence-corrected chi connectivity index (χ0v) is 11.1. The molecule has 0 aromatic carbocycles. The third-order valence-corrected chi connectivity index (χ3v) is 4.46. The highest BCUT2D eigenvalue weighted by Crippen LogP contribution is 2.42. The van der Waals surface area contributed by atoms with Gasteiger partial charge in [0, 0.05) is 0 Å². The molecule has 4 rings (SSSR count). The first-order valence-corrected chi connectivity index (χ1v) is 6.90. The zero-order chi connectivity index (χ0) is 14.8. The Labute approximate surface area is 119 Å². The fraction of sp³-hybridized carbons (Fsp3) is 1.00. The van der Waals surface area contributed by atoms with E-state index in [2.05, 4.69) is 0 Å². The molecule has 0 spiro atoms. The van der Waals surface area contributed by atoms with Crippen LogP contribution in [0.1, 0.15) is 0 Å². The Hall–Kier alpha value is -0.360. The molecule has 0 aliphatic carbocycles. The second kappa shape index (κ2) is 4.57. The van der Waals surface area contributed by atoms with Crippen molar-refractivity contribution >= 4 is 0 Å². The molecule has 21 heavy (non-hydrogen) atoms. The summed E-state index contributed by atoms with van der Waals surface area (Å²) in [6, 6.07) is 0. The van der Waals surface area contributed by atoms with Gasteiger partial charge < -0.3 is 44.1 Å². The Morgan fingerprint density at radius 2 is 1.19 bits per heavy atom. The molecule has 0 amide bonds. The topological polar surface area (TPSA) is 127 Å². The Morgan fingerprint density at radius 3 is 1.62 bits per heavy atom. The third-order valence-electron chi connectivity index (χ3n) is 4.46. The molecular weight excluding hydrogens is 288 g/mol. The number of hydrogen-bond acceptors (Lipinski definition) is 9. The quantitative estimate of drug-likeness (QED) is 0.388. The lowest BCUT2D eigenvalue weighted by atomic mass is 10.0. The summed E-state index contributed by atoms with van der Waals surface area (Å²) in [5.74, 6) is -3.82. The van der Waals surface area contributed by atoms with Crippen molar-refractivity contribution in [2.45, 2.75) is 48.2 Å². The number of ether oxygens (including phenoxy) is 5. The molecule has 4 heterocycles. The minimum atomic E-state index is -1.91. The van der Waals surface area contributed by atoms with E-state index < -0.39 is 48.2 Å². The van der Waals surface area contributed by atoms with E-state index in [1.165, 1.54) is 0 Å². The molecule has 0 aromatic heterocycles. The largest absolute Gasteiger partial charge is 0.388 e. The van der Waals surface area contributed by atoms with Crippen LogP contribution in [0.4, 0.5) is 0 Å². The van der Waals surface area contributed by atoms with Gasteiger partial charge in [0.2, 0.25) is 11.6 Å². The molecule has 0 unspecified atom stereocenters. The molecule has 4 aliphatic rings. The van der Waals surface area contributed by atoms with E-state index in [1.807, 2.05) is 0 Å². The molecule has 4 aliphatic heterocycles. The van der Waals surface area contributed by atoms with Gasteiger partial charge in [-0.05, 0) is 0 Å². The lowest BCUT2D eigenvalue weighted by Gasteiger charge is -2.36. The van der Waals surface area contributed by atoms with Crippen molar-refractivity contribution in [2.24, 2.45) is 0 Å². The van der Waals surface area contributed by atoms with Crippen molar-refractivity contribution in [3.63, 3.8) is 0 Å². The van der Waals surface area contributed by atoms with Crippen LogP contribution in [0, 0.1) is 0 Å². The van der Waals surface area contributed by atoms with Crippen molar-refractivity contribution in [2.75, 3.05) is 26.4 Å². The van der Waals surface area contributed by atoms with Crippen LogP contribution in [-0.2, 0) is 23.7 Å². The minimum absolute atomic E-state index is 0.0250.